The van der Waals surface area contributed by atoms with Gasteiger partial charge in [-0.25, -0.2) is 0 Å². The van der Waals surface area contributed by atoms with E-state index in [1.165, 1.54) is 5.56 Å². The summed E-state index contributed by atoms with van der Waals surface area (Å²) < 4.78 is 0. The minimum Gasteiger partial charge on any atom is -0.367 e. The lowest BCUT2D eigenvalue weighted by atomic mass is 10.0. The minimum absolute atomic E-state index is 0.156. The van der Waals surface area contributed by atoms with Crippen molar-refractivity contribution >= 4 is 11.5 Å². The Bertz CT molecular complexity index is 589. The average molecular weight is 253 g/mol. The Labute approximate surface area is 114 Å². The van der Waals surface area contributed by atoms with E-state index in [1.54, 1.807) is 0 Å². The summed E-state index contributed by atoms with van der Waals surface area (Å²) >= 11 is 0. The van der Waals surface area contributed by atoms with E-state index in [9.17, 15) is 4.79 Å². The predicted molar refractivity (Wildman–Crippen MR) is 80.0 cm³/mol. The number of aryl methyl sites for hydroxylation is 2. The second-order valence-corrected chi connectivity index (χ2v) is 4.88. The van der Waals surface area contributed by atoms with Crippen LogP contribution in [-0.4, -0.2) is 19.4 Å². The van der Waals surface area contributed by atoms with Crippen LogP contribution < -0.4 is 4.90 Å². The standard InChI is InChI=1S/C17H19NO/c1-13-8-4-6-10-15(13)17(19)12-18(3)16-11-7-5-9-14(16)2/h4-11H,12H2,1-3H3. The number of anilines is 1. The molecule has 0 radical (unpaired) electrons. The van der Waals surface area contributed by atoms with Crippen LogP contribution >= 0.6 is 0 Å². The SMILES string of the molecule is Cc1ccccc1C(=O)CN(C)c1ccccc1C. The highest BCUT2D eigenvalue weighted by atomic mass is 16.1. The summed E-state index contributed by atoms with van der Waals surface area (Å²) in [5.74, 6) is 0.156. The van der Waals surface area contributed by atoms with Crippen LogP contribution in [0.1, 0.15) is 21.5 Å². The van der Waals surface area contributed by atoms with Crippen molar-refractivity contribution < 1.29 is 4.79 Å². The first-order valence-corrected chi connectivity index (χ1v) is 6.45. The molecule has 0 unspecified atom stereocenters. The summed E-state index contributed by atoms with van der Waals surface area (Å²) in [7, 11) is 1.96. The molecule has 0 spiro atoms. The number of hydrogen-bond acceptors (Lipinski definition) is 2. The first-order valence-electron chi connectivity index (χ1n) is 6.45. The summed E-state index contributed by atoms with van der Waals surface area (Å²) in [4.78, 5) is 14.3. The van der Waals surface area contributed by atoms with Gasteiger partial charge < -0.3 is 4.90 Å². The molecule has 0 aromatic heterocycles. The van der Waals surface area contributed by atoms with Crippen LogP contribution in [0.3, 0.4) is 0 Å². The molecule has 0 aliphatic heterocycles. The highest BCUT2D eigenvalue weighted by Gasteiger charge is 2.12. The molecule has 2 rings (SSSR count). The summed E-state index contributed by atoms with van der Waals surface area (Å²) in [6.45, 7) is 4.43. The van der Waals surface area contributed by atoms with E-state index in [2.05, 4.69) is 13.0 Å². The quantitative estimate of drug-likeness (QED) is 0.776. The maximum absolute atomic E-state index is 12.3. The zero-order chi connectivity index (χ0) is 13.8. The van der Waals surface area contributed by atoms with Crippen molar-refractivity contribution in [3.05, 3.63) is 65.2 Å². The topological polar surface area (TPSA) is 20.3 Å². The van der Waals surface area contributed by atoms with Gasteiger partial charge in [0.25, 0.3) is 0 Å². The number of carbonyl (C=O) groups excluding carboxylic acids is 1. The lowest BCUT2D eigenvalue weighted by Crippen LogP contribution is -2.26. The number of carbonyl (C=O) groups is 1. The second-order valence-electron chi connectivity index (χ2n) is 4.88. The fourth-order valence-electron chi connectivity index (χ4n) is 2.26. The third-order valence-corrected chi connectivity index (χ3v) is 3.35. The molecule has 2 heteroatoms. The van der Waals surface area contributed by atoms with Gasteiger partial charge in [0.1, 0.15) is 0 Å². The molecule has 0 fully saturated rings. The van der Waals surface area contributed by atoms with Crippen LogP contribution in [-0.2, 0) is 0 Å². The molecular formula is C17H19NO. The van der Waals surface area contributed by atoms with Gasteiger partial charge in [0.15, 0.2) is 5.78 Å². The summed E-state index contributed by atoms with van der Waals surface area (Å²) in [6.07, 6.45) is 0. The van der Waals surface area contributed by atoms with Gasteiger partial charge in [-0.1, -0.05) is 42.5 Å². The maximum Gasteiger partial charge on any atom is 0.182 e. The number of ketones is 1. The first-order chi connectivity index (χ1) is 9.09. The highest BCUT2D eigenvalue weighted by molar-refractivity contribution is 6.00. The third kappa shape index (κ3) is 3.02. The van der Waals surface area contributed by atoms with Crippen molar-refractivity contribution in [3.8, 4) is 0 Å². The second kappa shape index (κ2) is 5.70. The van der Waals surface area contributed by atoms with E-state index in [-0.39, 0.29) is 5.78 Å². The van der Waals surface area contributed by atoms with Gasteiger partial charge in [-0.2, -0.15) is 0 Å². The Hall–Kier alpha value is -2.09. The van der Waals surface area contributed by atoms with Crippen molar-refractivity contribution in [2.45, 2.75) is 13.8 Å². The molecule has 0 aliphatic rings. The molecule has 2 aromatic rings. The molecule has 0 bridgehead atoms. The van der Waals surface area contributed by atoms with Crippen molar-refractivity contribution in [1.82, 2.24) is 0 Å². The van der Waals surface area contributed by atoms with Crippen LogP contribution in [0.25, 0.3) is 0 Å². The Morgan fingerprint density at radius 3 is 2.16 bits per heavy atom. The normalized spacial score (nSPS) is 10.3. The molecule has 0 aliphatic carbocycles. The fraction of sp³-hybridized carbons (Fsp3) is 0.235. The summed E-state index contributed by atoms with van der Waals surface area (Å²) in [6, 6.07) is 15.8. The van der Waals surface area contributed by atoms with Crippen LogP contribution in [0, 0.1) is 13.8 Å². The van der Waals surface area contributed by atoms with E-state index < -0.39 is 0 Å². The van der Waals surface area contributed by atoms with Gasteiger partial charge in [-0.05, 0) is 31.0 Å². The largest absolute Gasteiger partial charge is 0.367 e. The molecule has 0 atom stereocenters. The van der Waals surface area contributed by atoms with Gasteiger partial charge >= 0.3 is 0 Å². The average Bonchev–Trinajstić information content (AvgIpc) is 2.39. The van der Waals surface area contributed by atoms with E-state index in [1.807, 2.05) is 61.3 Å². The zero-order valence-electron chi connectivity index (χ0n) is 11.7. The van der Waals surface area contributed by atoms with Crippen LogP contribution in [0.4, 0.5) is 5.69 Å². The van der Waals surface area contributed by atoms with Crippen LogP contribution in [0.15, 0.2) is 48.5 Å². The van der Waals surface area contributed by atoms with Crippen LogP contribution in [0.5, 0.6) is 0 Å². The molecule has 0 heterocycles. The van der Waals surface area contributed by atoms with Gasteiger partial charge in [-0.3, -0.25) is 4.79 Å². The molecular weight excluding hydrogens is 234 g/mol. The Kier molecular flexibility index (Phi) is 4.00. The Morgan fingerprint density at radius 2 is 1.53 bits per heavy atom. The zero-order valence-corrected chi connectivity index (χ0v) is 11.7. The molecule has 19 heavy (non-hydrogen) atoms. The molecule has 98 valence electrons. The number of benzene rings is 2. The van der Waals surface area contributed by atoms with Crippen molar-refractivity contribution in [3.63, 3.8) is 0 Å². The summed E-state index contributed by atoms with van der Waals surface area (Å²) in [5, 5.41) is 0. The fourth-order valence-corrected chi connectivity index (χ4v) is 2.26. The molecule has 0 amide bonds. The minimum atomic E-state index is 0.156. The van der Waals surface area contributed by atoms with E-state index in [4.69, 9.17) is 0 Å². The number of Topliss-reactive ketones (excluding diaryl/α,β-unsaturated/α-hetero) is 1. The van der Waals surface area contributed by atoms with E-state index in [0.717, 1.165) is 16.8 Å². The van der Waals surface area contributed by atoms with Gasteiger partial charge in [0.05, 0.1) is 6.54 Å². The van der Waals surface area contributed by atoms with Crippen molar-refractivity contribution in [2.24, 2.45) is 0 Å². The highest BCUT2D eigenvalue weighted by Crippen LogP contribution is 2.18. The monoisotopic (exact) mass is 253 g/mol. The first kappa shape index (κ1) is 13.3. The van der Waals surface area contributed by atoms with Gasteiger partial charge in [-0.15, -0.1) is 0 Å². The Morgan fingerprint density at radius 1 is 0.947 bits per heavy atom. The van der Waals surface area contributed by atoms with E-state index >= 15 is 0 Å². The smallest absolute Gasteiger partial charge is 0.182 e. The van der Waals surface area contributed by atoms with Crippen molar-refractivity contribution in [2.75, 3.05) is 18.5 Å². The number of likely N-dealkylation sites (N-methyl/N-ethyl adjacent to an activating group) is 1. The molecule has 2 nitrogen and oxygen atoms in total. The molecule has 0 N–H and O–H groups in total. The molecule has 0 saturated heterocycles. The molecule has 0 saturated carbocycles. The van der Waals surface area contributed by atoms with Gasteiger partial charge in [0.2, 0.25) is 0 Å². The number of nitrogens with zero attached hydrogens (tertiary/aromatic N) is 1. The van der Waals surface area contributed by atoms with Crippen molar-refractivity contribution in [1.29, 1.82) is 0 Å². The lowest BCUT2D eigenvalue weighted by molar-refractivity contribution is 0.1000. The number of para-hydroxylation sites is 1. The third-order valence-electron chi connectivity index (χ3n) is 3.35. The molecule has 2 aromatic carbocycles. The Balaban J connectivity index is 2.16. The lowest BCUT2D eigenvalue weighted by Gasteiger charge is -2.21. The maximum atomic E-state index is 12.3. The predicted octanol–water partition coefficient (Wildman–Crippen LogP) is 3.62. The van der Waals surface area contributed by atoms with E-state index in [0.29, 0.717) is 6.54 Å². The number of rotatable bonds is 4. The summed E-state index contributed by atoms with van der Waals surface area (Å²) in [5.41, 5.74) is 4.13. The van der Waals surface area contributed by atoms with Crippen LogP contribution in [0.2, 0.25) is 0 Å². The van der Waals surface area contributed by atoms with Gasteiger partial charge in [0, 0.05) is 18.3 Å². The number of hydrogen-bond donors (Lipinski definition) is 0.